The van der Waals surface area contributed by atoms with Crippen LogP contribution in [-0.4, -0.2) is 61.1 Å². The monoisotopic (exact) mass is 339 g/mol. The zero-order chi connectivity index (χ0) is 16.4. The summed E-state index contributed by atoms with van der Waals surface area (Å²) in [6.45, 7) is 3.17. The summed E-state index contributed by atoms with van der Waals surface area (Å²) in [6.07, 6.45) is 4.65. The van der Waals surface area contributed by atoms with Crippen LogP contribution in [0.1, 0.15) is 18.7 Å². The van der Waals surface area contributed by atoms with Gasteiger partial charge < -0.3 is 14.7 Å². The first kappa shape index (κ1) is 15.3. The maximum absolute atomic E-state index is 12.1. The molecule has 1 spiro atoms. The van der Waals surface area contributed by atoms with Crippen molar-refractivity contribution >= 4 is 15.7 Å². The van der Waals surface area contributed by atoms with Gasteiger partial charge in [0.05, 0.1) is 17.9 Å². The van der Waals surface area contributed by atoms with E-state index in [-0.39, 0.29) is 35.0 Å². The van der Waals surface area contributed by atoms with Crippen LogP contribution >= 0.6 is 0 Å². The Bertz CT molecular complexity index is 753. The van der Waals surface area contributed by atoms with Gasteiger partial charge in [-0.05, 0) is 19.8 Å². The average molecular weight is 339 g/mol. The van der Waals surface area contributed by atoms with Gasteiger partial charge in [0.1, 0.15) is 10.7 Å². The van der Waals surface area contributed by atoms with Gasteiger partial charge in [-0.2, -0.15) is 0 Å². The van der Waals surface area contributed by atoms with Crippen LogP contribution in [0.4, 0.5) is 5.82 Å². The Morgan fingerprint density at radius 1 is 1.52 bits per heavy atom. The fraction of sp³-hybridized carbons (Fsp3) is 0.733. The zero-order valence-corrected chi connectivity index (χ0v) is 14.1. The Balaban J connectivity index is 1.73. The van der Waals surface area contributed by atoms with Crippen molar-refractivity contribution in [3.63, 3.8) is 0 Å². The molecular weight excluding hydrogens is 318 g/mol. The molecule has 126 valence electrons. The lowest BCUT2D eigenvalue weighted by Gasteiger charge is -2.27. The molecule has 4 atom stereocenters. The van der Waals surface area contributed by atoms with E-state index in [4.69, 9.17) is 4.74 Å². The molecule has 4 rings (SSSR count). The second-order valence-corrected chi connectivity index (χ2v) is 8.95. The van der Waals surface area contributed by atoms with Crippen LogP contribution in [0.25, 0.3) is 0 Å². The van der Waals surface area contributed by atoms with E-state index in [0.29, 0.717) is 24.7 Å². The number of sulfone groups is 1. The van der Waals surface area contributed by atoms with E-state index >= 15 is 0 Å². The highest BCUT2D eigenvalue weighted by Crippen LogP contribution is 2.55. The molecule has 0 unspecified atom stereocenters. The number of hydrogen-bond acceptors (Lipinski definition) is 7. The lowest BCUT2D eigenvalue weighted by molar-refractivity contribution is 0.0128. The molecule has 3 saturated heterocycles. The Morgan fingerprint density at radius 3 is 3.00 bits per heavy atom. The van der Waals surface area contributed by atoms with Crippen LogP contribution < -0.4 is 4.90 Å². The highest BCUT2D eigenvalue weighted by atomic mass is 32.2. The molecule has 0 aromatic carbocycles. The zero-order valence-electron chi connectivity index (χ0n) is 13.3. The first-order valence-corrected chi connectivity index (χ1v) is 9.80. The van der Waals surface area contributed by atoms with Crippen molar-refractivity contribution in [3.05, 3.63) is 12.0 Å². The summed E-state index contributed by atoms with van der Waals surface area (Å²) < 4.78 is 30.3. The van der Waals surface area contributed by atoms with Gasteiger partial charge in [0.25, 0.3) is 0 Å². The minimum atomic E-state index is -3.40. The fourth-order valence-electron chi connectivity index (χ4n) is 4.53. The first-order chi connectivity index (χ1) is 10.8. The third kappa shape index (κ3) is 2.19. The molecule has 7 nitrogen and oxygen atoms in total. The van der Waals surface area contributed by atoms with Gasteiger partial charge in [-0.25, -0.2) is 18.4 Å². The summed E-state index contributed by atoms with van der Waals surface area (Å²) in [5, 5.41) is 9.70. The standard InChI is InChI=1S/C15H21N3O4S/c1-9-16-5-13(23(2,20)21)14(17-9)18-6-11-10(7-19)12-3-4-15(11,8-18)22-12/h5,10-12,19H,3-4,6-8H2,1-2H3/t10-,11+,12+,15+/m1/s1. The number of ether oxygens (including phenoxy) is 1. The van der Waals surface area contributed by atoms with Crippen LogP contribution in [0.5, 0.6) is 0 Å². The molecule has 0 amide bonds. The van der Waals surface area contributed by atoms with Crippen molar-refractivity contribution < 1.29 is 18.3 Å². The molecule has 0 aliphatic carbocycles. The summed E-state index contributed by atoms with van der Waals surface area (Å²) in [6, 6.07) is 0. The van der Waals surface area contributed by atoms with Crippen LogP contribution in [-0.2, 0) is 14.6 Å². The van der Waals surface area contributed by atoms with E-state index in [0.717, 1.165) is 12.8 Å². The topological polar surface area (TPSA) is 92.6 Å². The maximum atomic E-state index is 12.1. The number of rotatable bonds is 3. The summed E-state index contributed by atoms with van der Waals surface area (Å²) in [4.78, 5) is 10.6. The van der Waals surface area contributed by atoms with Crippen molar-refractivity contribution in [1.29, 1.82) is 0 Å². The second kappa shape index (κ2) is 4.87. The van der Waals surface area contributed by atoms with E-state index < -0.39 is 9.84 Å². The fourth-order valence-corrected chi connectivity index (χ4v) is 5.28. The predicted molar refractivity (Wildman–Crippen MR) is 83.0 cm³/mol. The summed E-state index contributed by atoms with van der Waals surface area (Å²) in [7, 11) is -3.40. The van der Waals surface area contributed by atoms with Gasteiger partial charge in [-0.15, -0.1) is 0 Å². The maximum Gasteiger partial charge on any atom is 0.180 e. The lowest BCUT2D eigenvalue weighted by atomic mass is 9.74. The SMILES string of the molecule is Cc1ncc(S(C)(=O)=O)c(N2C[C@H]3[C@@H](CO)[C@@H]4CC[C@@]3(C2)O4)n1. The Labute approximate surface area is 135 Å². The molecule has 4 heterocycles. The van der Waals surface area contributed by atoms with Gasteiger partial charge in [0, 0.05) is 37.8 Å². The van der Waals surface area contributed by atoms with Crippen LogP contribution in [0.15, 0.2) is 11.1 Å². The molecule has 1 aromatic rings. The van der Waals surface area contributed by atoms with E-state index in [2.05, 4.69) is 9.97 Å². The van der Waals surface area contributed by atoms with Crippen LogP contribution in [0, 0.1) is 18.8 Å². The lowest BCUT2D eigenvalue weighted by Crippen LogP contribution is -2.37. The molecule has 3 aliphatic rings. The van der Waals surface area contributed by atoms with E-state index in [1.807, 2.05) is 4.90 Å². The normalized spacial score (nSPS) is 35.8. The first-order valence-electron chi connectivity index (χ1n) is 7.91. The molecule has 3 fully saturated rings. The van der Waals surface area contributed by atoms with Gasteiger partial charge in [-0.3, -0.25) is 0 Å². The Hall–Kier alpha value is -1.25. The Morgan fingerprint density at radius 2 is 2.30 bits per heavy atom. The van der Waals surface area contributed by atoms with Crippen molar-refractivity contribution in [1.82, 2.24) is 9.97 Å². The molecule has 0 radical (unpaired) electrons. The van der Waals surface area contributed by atoms with Crippen molar-refractivity contribution in [3.8, 4) is 0 Å². The minimum absolute atomic E-state index is 0.118. The van der Waals surface area contributed by atoms with Crippen molar-refractivity contribution in [2.45, 2.75) is 36.4 Å². The molecule has 1 N–H and O–H groups in total. The number of aliphatic hydroxyl groups is 1. The van der Waals surface area contributed by atoms with Crippen LogP contribution in [0.3, 0.4) is 0 Å². The number of fused-ring (bicyclic) bond motifs is 1. The minimum Gasteiger partial charge on any atom is -0.396 e. The second-order valence-electron chi connectivity index (χ2n) is 6.97. The van der Waals surface area contributed by atoms with Gasteiger partial charge in [-0.1, -0.05) is 0 Å². The largest absolute Gasteiger partial charge is 0.396 e. The number of aromatic nitrogens is 2. The number of hydrogen-bond donors (Lipinski definition) is 1. The highest BCUT2D eigenvalue weighted by Gasteiger charge is 2.63. The van der Waals surface area contributed by atoms with E-state index in [1.54, 1.807) is 6.92 Å². The Kier molecular flexibility index (Phi) is 3.24. The van der Waals surface area contributed by atoms with Gasteiger partial charge >= 0.3 is 0 Å². The summed E-state index contributed by atoms with van der Waals surface area (Å²) in [5.74, 6) is 1.38. The van der Waals surface area contributed by atoms with Crippen LogP contribution in [0.2, 0.25) is 0 Å². The molecule has 1 aromatic heterocycles. The van der Waals surface area contributed by atoms with Crippen molar-refractivity contribution in [2.75, 3.05) is 30.9 Å². The molecular formula is C15H21N3O4S. The quantitative estimate of drug-likeness (QED) is 0.839. The predicted octanol–water partition coefficient (Wildman–Crippen LogP) is 0.165. The number of nitrogens with zero attached hydrogens (tertiary/aromatic N) is 3. The highest BCUT2D eigenvalue weighted by molar-refractivity contribution is 7.90. The molecule has 8 heteroatoms. The third-order valence-corrected chi connectivity index (χ3v) is 6.64. The molecule has 3 aliphatic heterocycles. The number of aryl methyl sites for hydroxylation is 1. The van der Waals surface area contributed by atoms with E-state index in [1.165, 1.54) is 12.5 Å². The van der Waals surface area contributed by atoms with Gasteiger partial charge in [0.15, 0.2) is 15.7 Å². The average Bonchev–Trinajstić information content (AvgIpc) is 3.12. The van der Waals surface area contributed by atoms with E-state index in [9.17, 15) is 13.5 Å². The van der Waals surface area contributed by atoms with Gasteiger partial charge in [0.2, 0.25) is 0 Å². The molecule has 0 saturated carbocycles. The third-order valence-electron chi connectivity index (χ3n) is 5.55. The number of aliphatic hydroxyl groups excluding tert-OH is 1. The number of anilines is 1. The van der Waals surface area contributed by atoms with Crippen molar-refractivity contribution in [2.24, 2.45) is 11.8 Å². The molecule has 23 heavy (non-hydrogen) atoms. The summed E-state index contributed by atoms with van der Waals surface area (Å²) >= 11 is 0. The smallest absolute Gasteiger partial charge is 0.180 e. The molecule has 2 bridgehead atoms. The summed E-state index contributed by atoms with van der Waals surface area (Å²) in [5.41, 5.74) is -0.258.